The molecule has 0 radical (unpaired) electrons. The van der Waals surface area contributed by atoms with E-state index in [4.69, 9.17) is 4.42 Å². The zero-order valence-corrected chi connectivity index (χ0v) is 15.3. The van der Waals surface area contributed by atoms with E-state index in [9.17, 15) is 4.79 Å². The van der Waals surface area contributed by atoms with Crippen LogP contribution in [0.3, 0.4) is 0 Å². The Balaban J connectivity index is 1.32. The third-order valence-electron chi connectivity index (χ3n) is 4.14. The molecule has 6 heteroatoms. The first-order valence-electron chi connectivity index (χ1n) is 8.59. The van der Waals surface area contributed by atoms with Crippen LogP contribution in [-0.2, 0) is 11.2 Å². The number of carbonyl (C=O) groups is 1. The largest absolute Gasteiger partial charge is 0.461 e. The van der Waals surface area contributed by atoms with Gasteiger partial charge >= 0.3 is 0 Å². The van der Waals surface area contributed by atoms with Crippen molar-refractivity contribution in [2.24, 2.45) is 0 Å². The molecule has 4 rings (SSSR count). The predicted octanol–water partition coefficient (Wildman–Crippen LogP) is 5.04. The van der Waals surface area contributed by atoms with E-state index in [1.165, 1.54) is 11.5 Å². The van der Waals surface area contributed by atoms with Gasteiger partial charge in [-0.1, -0.05) is 47.0 Å². The molecule has 27 heavy (non-hydrogen) atoms. The normalized spacial score (nSPS) is 10.7. The van der Waals surface area contributed by atoms with Crippen molar-refractivity contribution in [3.8, 4) is 22.6 Å². The summed E-state index contributed by atoms with van der Waals surface area (Å²) >= 11 is 1.31. The van der Waals surface area contributed by atoms with E-state index in [2.05, 4.69) is 14.9 Å². The maximum atomic E-state index is 12.2. The monoisotopic (exact) mass is 375 g/mol. The van der Waals surface area contributed by atoms with Crippen LogP contribution in [0, 0.1) is 0 Å². The highest BCUT2D eigenvalue weighted by Crippen LogP contribution is 2.23. The average molecular weight is 375 g/mol. The highest BCUT2D eigenvalue weighted by atomic mass is 32.1. The molecule has 0 aliphatic rings. The van der Waals surface area contributed by atoms with Crippen molar-refractivity contribution in [1.82, 2.24) is 9.59 Å². The molecule has 0 atom stereocenters. The van der Waals surface area contributed by atoms with Gasteiger partial charge in [-0.2, -0.15) is 0 Å². The van der Waals surface area contributed by atoms with Crippen LogP contribution in [0.4, 0.5) is 5.69 Å². The second-order valence-electron chi connectivity index (χ2n) is 6.05. The van der Waals surface area contributed by atoms with Crippen LogP contribution in [0.5, 0.6) is 0 Å². The average Bonchev–Trinajstić information content (AvgIpc) is 3.40. The maximum Gasteiger partial charge on any atom is 0.224 e. The van der Waals surface area contributed by atoms with Gasteiger partial charge in [0.15, 0.2) is 0 Å². The number of nitrogens with zero attached hydrogens (tertiary/aromatic N) is 2. The van der Waals surface area contributed by atoms with Gasteiger partial charge in [-0.3, -0.25) is 4.79 Å². The van der Waals surface area contributed by atoms with E-state index in [1.807, 2.05) is 72.1 Å². The highest BCUT2D eigenvalue weighted by Gasteiger charge is 2.08. The number of hydrogen-bond donors (Lipinski definition) is 1. The SMILES string of the molecule is O=C(CCc1ccc(-c2ccccc2)o1)Nc1ccc(-c2csnn2)cc1. The van der Waals surface area contributed by atoms with Gasteiger partial charge in [-0.25, -0.2) is 0 Å². The Kier molecular flexibility index (Phi) is 5.07. The molecule has 0 aliphatic heterocycles. The van der Waals surface area contributed by atoms with Crippen molar-refractivity contribution in [2.45, 2.75) is 12.8 Å². The number of hydrogen-bond acceptors (Lipinski definition) is 5. The maximum absolute atomic E-state index is 12.2. The summed E-state index contributed by atoms with van der Waals surface area (Å²) in [6, 6.07) is 21.4. The fourth-order valence-electron chi connectivity index (χ4n) is 2.74. The van der Waals surface area contributed by atoms with Gasteiger partial charge in [0.1, 0.15) is 17.2 Å². The molecular formula is C21H17N3O2S. The summed E-state index contributed by atoms with van der Waals surface area (Å²) in [5.41, 5.74) is 3.61. The van der Waals surface area contributed by atoms with Gasteiger partial charge in [0.25, 0.3) is 0 Å². The lowest BCUT2D eigenvalue weighted by atomic mass is 10.1. The van der Waals surface area contributed by atoms with E-state index in [0.717, 1.165) is 34.0 Å². The first kappa shape index (κ1) is 17.2. The van der Waals surface area contributed by atoms with Gasteiger partial charge in [-0.05, 0) is 35.8 Å². The Morgan fingerprint density at radius 3 is 2.52 bits per heavy atom. The number of anilines is 1. The standard InChI is InChI=1S/C21H17N3O2S/c25-21(22-17-8-6-15(7-9-17)19-14-27-24-23-19)13-11-18-10-12-20(26-18)16-4-2-1-3-5-16/h1-10,12,14H,11,13H2,(H,22,25). The number of rotatable bonds is 6. The Morgan fingerprint density at radius 1 is 0.963 bits per heavy atom. The predicted molar refractivity (Wildman–Crippen MR) is 106 cm³/mol. The van der Waals surface area contributed by atoms with E-state index >= 15 is 0 Å². The van der Waals surface area contributed by atoms with E-state index < -0.39 is 0 Å². The molecule has 0 bridgehead atoms. The minimum absolute atomic E-state index is 0.0456. The fraction of sp³-hybridized carbons (Fsp3) is 0.0952. The molecule has 4 aromatic rings. The fourth-order valence-corrected chi connectivity index (χ4v) is 3.21. The van der Waals surface area contributed by atoms with Gasteiger partial charge in [0.2, 0.25) is 5.91 Å². The Bertz CT molecular complexity index is 1010. The summed E-state index contributed by atoms with van der Waals surface area (Å²) in [6.07, 6.45) is 0.917. The van der Waals surface area contributed by atoms with Crippen LogP contribution in [0.25, 0.3) is 22.6 Å². The molecule has 134 valence electrons. The molecule has 1 N–H and O–H groups in total. The van der Waals surface area contributed by atoms with Crippen LogP contribution < -0.4 is 5.32 Å². The number of nitrogens with one attached hydrogen (secondary N) is 1. The molecule has 2 aromatic carbocycles. The second-order valence-corrected chi connectivity index (χ2v) is 6.66. The zero-order chi connectivity index (χ0) is 18.5. The van der Waals surface area contributed by atoms with E-state index in [0.29, 0.717) is 12.8 Å². The number of furan rings is 1. The molecule has 5 nitrogen and oxygen atoms in total. The van der Waals surface area contributed by atoms with Gasteiger partial charge in [-0.15, -0.1) is 5.10 Å². The van der Waals surface area contributed by atoms with Crippen molar-refractivity contribution in [1.29, 1.82) is 0 Å². The Morgan fingerprint density at radius 2 is 1.78 bits per heavy atom. The number of carbonyl (C=O) groups excluding carboxylic acids is 1. The Labute approximate surface area is 160 Å². The second kappa shape index (κ2) is 7.97. The molecule has 2 aromatic heterocycles. The first-order chi connectivity index (χ1) is 13.3. The molecule has 0 saturated heterocycles. The lowest BCUT2D eigenvalue weighted by molar-refractivity contribution is -0.116. The number of amides is 1. The quantitative estimate of drug-likeness (QED) is 0.513. The van der Waals surface area contributed by atoms with Crippen LogP contribution in [0.2, 0.25) is 0 Å². The minimum Gasteiger partial charge on any atom is -0.461 e. The van der Waals surface area contributed by atoms with Gasteiger partial charge in [0, 0.05) is 35.0 Å². The molecule has 0 aliphatic carbocycles. The number of aromatic nitrogens is 2. The summed E-state index contributed by atoms with van der Waals surface area (Å²) in [5.74, 6) is 1.57. The summed E-state index contributed by atoms with van der Waals surface area (Å²) in [6.45, 7) is 0. The molecule has 0 unspecified atom stereocenters. The molecule has 0 saturated carbocycles. The lowest BCUT2D eigenvalue weighted by Gasteiger charge is -2.05. The minimum atomic E-state index is -0.0456. The van der Waals surface area contributed by atoms with Gasteiger partial charge < -0.3 is 9.73 Å². The topological polar surface area (TPSA) is 68.0 Å². The van der Waals surface area contributed by atoms with Crippen LogP contribution in [0.1, 0.15) is 12.2 Å². The highest BCUT2D eigenvalue weighted by molar-refractivity contribution is 7.03. The van der Waals surface area contributed by atoms with E-state index in [-0.39, 0.29) is 5.91 Å². The summed E-state index contributed by atoms with van der Waals surface area (Å²) in [4.78, 5) is 12.2. The van der Waals surface area contributed by atoms with Crippen LogP contribution in [-0.4, -0.2) is 15.5 Å². The Hall–Kier alpha value is -3.25. The van der Waals surface area contributed by atoms with Gasteiger partial charge in [0.05, 0.1) is 0 Å². The molecule has 1 amide bonds. The molecule has 0 fully saturated rings. The molecule has 0 spiro atoms. The lowest BCUT2D eigenvalue weighted by Crippen LogP contribution is -2.12. The number of aryl methyl sites for hydroxylation is 1. The molecular weight excluding hydrogens is 358 g/mol. The third-order valence-corrected chi connectivity index (χ3v) is 4.65. The van der Waals surface area contributed by atoms with Crippen LogP contribution >= 0.6 is 11.5 Å². The molecule has 2 heterocycles. The zero-order valence-electron chi connectivity index (χ0n) is 14.5. The van der Waals surface area contributed by atoms with Crippen molar-refractivity contribution in [3.63, 3.8) is 0 Å². The van der Waals surface area contributed by atoms with Crippen molar-refractivity contribution in [3.05, 3.63) is 77.9 Å². The summed E-state index contributed by atoms with van der Waals surface area (Å²) in [7, 11) is 0. The van der Waals surface area contributed by atoms with Crippen molar-refractivity contribution >= 4 is 23.1 Å². The van der Waals surface area contributed by atoms with Crippen molar-refractivity contribution in [2.75, 3.05) is 5.32 Å². The van der Waals surface area contributed by atoms with E-state index in [1.54, 1.807) is 0 Å². The van der Waals surface area contributed by atoms with Crippen LogP contribution in [0.15, 0.2) is 76.5 Å². The number of benzene rings is 2. The third kappa shape index (κ3) is 4.30. The first-order valence-corrected chi connectivity index (χ1v) is 9.43. The smallest absolute Gasteiger partial charge is 0.224 e. The van der Waals surface area contributed by atoms with Crippen molar-refractivity contribution < 1.29 is 9.21 Å². The summed E-state index contributed by atoms with van der Waals surface area (Å²) < 4.78 is 9.69. The summed E-state index contributed by atoms with van der Waals surface area (Å²) in [5, 5.41) is 8.83.